The molecule has 1 aliphatic heterocycles. The number of hydrogen-bond donors (Lipinski definition) is 1. The number of benzene rings is 2. The van der Waals surface area contributed by atoms with Gasteiger partial charge in [0.05, 0.1) is 13.2 Å². The summed E-state index contributed by atoms with van der Waals surface area (Å²) in [5, 5.41) is 0. The Balaban J connectivity index is 1.80. The molecule has 2 aromatic carbocycles. The van der Waals surface area contributed by atoms with E-state index in [2.05, 4.69) is 0 Å². The monoisotopic (exact) mass is 271 g/mol. The Kier molecular flexibility index (Phi) is 3.48. The Hall–Kier alpha value is -2.20. The standard InChI is InChI=1S/C16H17NO3/c1-18-12-6-4-5-11(9-12)16(17)15-10-19-13-7-2-3-8-14(13)20-15/h2-9,15-16H,10,17H2,1H3. The van der Waals surface area contributed by atoms with Crippen LogP contribution in [0.1, 0.15) is 11.6 Å². The van der Waals surface area contributed by atoms with Gasteiger partial charge in [0.25, 0.3) is 0 Å². The molecule has 4 heteroatoms. The van der Waals surface area contributed by atoms with E-state index in [-0.39, 0.29) is 12.1 Å². The van der Waals surface area contributed by atoms with Crippen molar-refractivity contribution in [3.63, 3.8) is 0 Å². The minimum atomic E-state index is -0.265. The van der Waals surface area contributed by atoms with Gasteiger partial charge in [0.2, 0.25) is 0 Å². The molecule has 0 saturated heterocycles. The molecular weight excluding hydrogens is 254 g/mol. The molecule has 2 atom stereocenters. The number of nitrogens with two attached hydrogens (primary N) is 1. The van der Waals surface area contributed by atoms with Gasteiger partial charge in [0.15, 0.2) is 17.6 Å². The van der Waals surface area contributed by atoms with E-state index in [1.165, 1.54) is 0 Å². The summed E-state index contributed by atoms with van der Waals surface area (Å²) in [5.41, 5.74) is 7.26. The first-order valence-electron chi connectivity index (χ1n) is 6.56. The lowest BCUT2D eigenvalue weighted by Crippen LogP contribution is -2.38. The minimum absolute atomic E-state index is 0.211. The Morgan fingerprint density at radius 1 is 1.15 bits per heavy atom. The second-order valence-corrected chi connectivity index (χ2v) is 4.72. The first-order chi connectivity index (χ1) is 9.78. The lowest BCUT2D eigenvalue weighted by molar-refractivity contribution is 0.0721. The number of hydrogen-bond acceptors (Lipinski definition) is 4. The number of ether oxygens (including phenoxy) is 3. The number of fused-ring (bicyclic) bond motifs is 1. The maximum atomic E-state index is 6.29. The number of methoxy groups -OCH3 is 1. The lowest BCUT2D eigenvalue weighted by atomic mass is 10.0. The highest BCUT2D eigenvalue weighted by Gasteiger charge is 2.27. The molecule has 2 aromatic rings. The van der Waals surface area contributed by atoms with Crippen molar-refractivity contribution in [3.05, 3.63) is 54.1 Å². The number of rotatable bonds is 3. The van der Waals surface area contributed by atoms with Crippen LogP contribution in [0.4, 0.5) is 0 Å². The van der Waals surface area contributed by atoms with Crippen molar-refractivity contribution in [1.29, 1.82) is 0 Å². The van der Waals surface area contributed by atoms with Gasteiger partial charge >= 0.3 is 0 Å². The molecule has 0 spiro atoms. The van der Waals surface area contributed by atoms with Crippen LogP contribution in [0.5, 0.6) is 17.2 Å². The zero-order chi connectivity index (χ0) is 13.9. The molecule has 0 bridgehead atoms. The van der Waals surface area contributed by atoms with Crippen molar-refractivity contribution in [1.82, 2.24) is 0 Å². The summed E-state index contributed by atoms with van der Waals surface area (Å²) in [6.45, 7) is 0.440. The van der Waals surface area contributed by atoms with E-state index in [1.54, 1.807) is 7.11 Å². The average Bonchev–Trinajstić information content (AvgIpc) is 2.53. The van der Waals surface area contributed by atoms with Gasteiger partial charge in [-0.2, -0.15) is 0 Å². The molecule has 1 aliphatic rings. The molecule has 2 N–H and O–H groups in total. The van der Waals surface area contributed by atoms with Gasteiger partial charge in [-0.3, -0.25) is 0 Å². The van der Waals surface area contributed by atoms with Crippen molar-refractivity contribution in [2.45, 2.75) is 12.1 Å². The third kappa shape index (κ3) is 2.42. The van der Waals surface area contributed by atoms with Gasteiger partial charge in [-0.25, -0.2) is 0 Å². The largest absolute Gasteiger partial charge is 0.497 e. The van der Waals surface area contributed by atoms with E-state index in [0.29, 0.717) is 6.61 Å². The molecule has 1 heterocycles. The Morgan fingerprint density at radius 3 is 2.75 bits per heavy atom. The molecule has 2 unspecified atom stereocenters. The fraction of sp³-hybridized carbons (Fsp3) is 0.250. The Labute approximate surface area is 118 Å². The molecule has 3 rings (SSSR count). The second kappa shape index (κ2) is 5.43. The van der Waals surface area contributed by atoms with Gasteiger partial charge in [-0.1, -0.05) is 24.3 Å². The van der Waals surface area contributed by atoms with Gasteiger partial charge in [-0.05, 0) is 29.8 Å². The van der Waals surface area contributed by atoms with E-state index in [0.717, 1.165) is 22.8 Å². The smallest absolute Gasteiger partial charge is 0.161 e. The Morgan fingerprint density at radius 2 is 1.95 bits per heavy atom. The summed E-state index contributed by atoms with van der Waals surface area (Å²) < 4.78 is 16.9. The quantitative estimate of drug-likeness (QED) is 0.932. The van der Waals surface area contributed by atoms with Gasteiger partial charge < -0.3 is 19.9 Å². The second-order valence-electron chi connectivity index (χ2n) is 4.72. The predicted octanol–water partition coefficient (Wildman–Crippen LogP) is 2.54. The van der Waals surface area contributed by atoms with Crippen molar-refractivity contribution >= 4 is 0 Å². The molecule has 4 nitrogen and oxygen atoms in total. The van der Waals surface area contributed by atoms with Crippen molar-refractivity contribution in [2.75, 3.05) is 13.7 Å². The van der Waals surface area contributed by atoms with E-state index in [1.807, 2.05) is 48.5 Å². The third-order valence-electron chi connectivity index (χ3n) is 3.41. The van der Waals surface area contributed by atoms with Crippen LogP contribution >= 0.6 is 0 Å². The summed E-state index contributed by atoms with van der Waals surface area (Å²) in [6.07, 6.45) is -0.211. The number of para-hydroxylation sites is 2. The van der Waals surface area contributed by atoms with Crippen LogP contribution in [-0.2, 0) is 0 Å². The fourth-order valence-electron chi connectivity index (χ4n) is 2.28. The molecular formula is C16H17NO3. The SMILES string of the molecule is COc1cccc(C(N)C2COc3ccccc3O2)c1. The summed E-state index contributed by atoms with van der Waals surface area (Å²) in [4.78, 5) is 0. The first kappa shape index (κ1) is 12.8. The van der Waals surface area contributed by atoms with Crippen molar-refractivity contribution in [2.24, 2.45) is 5.73 Å². The zero-order valence-electron chi connectivity index (χ0n) is 11.3. The van der Waals surface area contributed by atoms with Crippen LogP contribution in [0.2, 0.25) is 0 Å². The van der Waals surface area contributed by atoms with Crippen LogP contribution in [0.3, 0.4) is 0 Å². The van der Waals surface area contributed by atoms with E-state index in [9.17, 15) is 0 Å². The summed E-state index contributed by atoms with van der Waals surface area (Å²) in [6, 6.07) is 15.1. The van der Waals surface area contributed by atoms with Crippen LogP contribution in [0, 0.1) is 0 Å². The summed E-state index contributed by atoms with van der Waals surface area (Å²) in [5.74, 6) is 2.29. The van der Waals surface area contributed by atoms with Crippen molar-refractivity contribution in [3.8, 4) is 17.2 Å². The minimum Gasteiger partial charge on any atom is -0.497 e. The van der Waals surface area contributed by atoms with Crippen LogP contribution in [0.25, 0.3) is 0 Å². The highest BCUT2D eigenvalue weighted by molar-refractivity contribution is 5.41. The molecule has 0 saturated carbocycles. The van der Waals surface area contributed by atoms with Crippen LogP contribution in [-0.4, -0.2) is 19.8 Å². The average molecular weight is 271 g/mol. The van der Waals surface area contributed by atoms with Crippen molar-refractivity contribution < 1.29 is 14.2 Å². The first-order valence-corrected chi connectivity index (χ1v) is 6.56. The summed E-state index contributed by atoms with van der Waals surface area (Å²) >= 11 is 0. The van der Waals surface area contributed by atoms with Crippen LogP contribution < -0.4 is 19.9 Å². The van der Waals surface area contributed by atoms with E-state index >= 15 is 0 Å². The van der Waals surface area contributed by atoms with Gasteiger partial charge in [0.1, 0.15) is 12.4 Å². The van der Waals surface area contributed by atoms with E-state index in [4.69, 9.17) is 19.9 Å². The Bertz CT molecular complexity index is 600. The molecule has 0 amide bonds. The maximum absolute atomic E-state index is 6.29. The van der Waals surface area contributed by atoms with Gasteiger partial charge in [0, 0.05) is 0 Å². The molecule has 0 fully saturated rings. The summed E-state index contributed by atoms with van der Waals surface area (Å²) in [7, 11) is 1.64. The highest BCUT2D eigenvalue weighted by Crippen LogP contribution is 2.34. The maximum Gasteiger partial charge on any atom is 0.161 e. The van der Waals surface area contributed by atoms with Crippen LogP contribution in [0.15, 0.2) is 48.5 Å². The molecule has 0 radical (unpaired) electrons. The molecule has 0 aromatic heterocycles. The molecule has 104 valence electrons. The zero-order valence-corrected chi connectivity index (χ0v) is 11.3. The topological polar surface area (TPSA) is 53.7 Å². The normalized spacial score (nSPS) is 18.4. The molecule has 20 heavy (non-hydrogen) atoms. The lowest BCUT2D eigenvalue weighted by Gasteiger charge is -2.30. The highest BCUT2D eigenvalue weighted by atomic mass is 16.6. The molecule has 0 aliphatic carbocycles. The predicted molar refractivity (Wildman–Crippen MR) is 76.3 cm³/mol. The fourth-order valence-corrected chi connectivity index (χ4v) is 2.28. The van der Waals surface area contributed by atoms with Gasteiger partial charge in [-0.15, -0.1) is 0 Å². The third-order valence-corrected chi connectivity index (χ3v) is 3.41. The van der Waals surface area contributed by atoms with E-state index < -0.39 is 0 Å².